The third-order valence-corrected chi connectivity index (χ3v) is 2.85. The Bertz CT molecular complexity index is 579. The van der Waals surface area contributed by atoms with Gasteiger partial charge in [0.25, 0.3) is 0 Å². The number of aryl methyl sites for hydroxylation is 2. The van der Waals surface area contributed by atoms with Gasteiger partial charge in [-0.25, -0.2) is 9.97 Å². The van der Waals surface area contributed by atoms with Crippen LogP contribution in [0.1, 0.15) is 17.0 Å². The van der Waals surface area contributed by atoms with Crippen LogP contribution in [-0.2, 0) is 6.42 Å². The summed E-state index contributed by atoms with van der Waals surface area (Å²) in [6, 6.07) is 7.95. The summed E-state index contributed by atoms with van der Waals surface area (Å²) in [6.07, 6.45) is 0.706. The highest BCUT2D eigenvalue weighted by Crippen LogP contribution is 2.34. The standard InChI is InChI=1S/C15H19N3O2/c1-10-9-11(2)18-15(17-10)20-14-12(7-8-16)5-4-6-13(14)19-3/h4-6,9H,7-8,16H2,1-3H3. The van der Waals surface area contributed by atoms with Gasteiger partial charge in [-0.1, -0.05) is 12.1 Å². The van der Waals surface area contributed by atoms with Gasteiger partial charge in [0.15, 0.2) is 11.5 Å². The molecule has 2 N–H and O–H groups in total. The molecule has 5 heteroatoms. The van der Waals surface area contributed by atoms with Crippen LogP contribution < -0.4 is 15.2 Å². The number of hydrogen-bond donors (Lipinski definition) is 1. The van der Waals surface area contributed by atoms with E-state index < -0.39 is 0 Å². The van der Waals surface area contributed by atoms with Gasteiger partial charge >= 0.3 is 6.01 Å². The average molecular weight is 273 g/mol. The van der Waals surface area contributed by atoms with Crippen molar-refractivity contribution in [3.05, 3.63) is 41.2 Å². The van der Waals surface area contributed by atoms with Gasteiger partial charge in [-0.3, -0.25) is 0 Å². The van der Waals surface area contributed by atoms with Crippen LogP contribution in [0.4, 0.5) is 0 Å². The summed E-state index contributed by atoms with van der Waals surface area (Å²) in [5.41, 5.74) is 8.34. The molecule has 0 aliphatic carbocycles. The lowest BCUT2D eigenvalue weighted by Gasteiger charge is -2.13. The number of hydrogen-bond acceptors (Lipinski definition) is 5. The van der Waals surface area contributed by atoms with Crippen LogP contribution in [-0.4, -0.2) is 23.6 Å². The Hall–Kier alpha value is -2.14. The van der Waals surface area contributed by atoms with Crippen LogP contribution >= 0.6 is 0 Å². The van der Waals surface area contributed by atoms with E-state index in [2.05, 4.69) is 9.97 Å². The molecule has 106 valence electrons. The first-order valence-corrected chi connectivity index (χ1v) is 6.50. The summed E-state index contributed by atoms with van der Waals surface area (Å²) < 4.78 is 11.2. The van der Waals surface area contributed by atoms with Crippen molar-refractivity contribution in [2.24, 2.45) is 5.73 Å². The highest BCUT2D eigenvalue weighted by molar-refractivity contribution is 5.48. The van der Waals surface area contributed by atoms with Crippen LogP contribution in [0.25, 0.3) is 0 Å². The lowest BCUT2D eigenvalue weighted by Crippen LogP contribution is -2.06. The maximum Gasteiger partial charge on any atom is 0.322 e. The molecule has 2 aromatic rings. The summed E-state index contributed by atoms with van der Waals surface area (Å²) in [7, 11) is 1.61. The number of methoxy groups -OCH3 is 1. The van der Waals surface area contributed by atoms with E-state index in [1.54, 1.807) is 7.11 Å². The van der Waals surface area contributed by atoms with Gasteiger partial charge in [0.05, 0.1) is 7.11 Å². The quantitative estimate of drug-likeness (QED) is 0.905. The van der Waals surface area contributed by atoms with Crippen molar-refractivity contribution < 1.29 is 9.47 Å². The number of ether oxygens (including phenoxy) is 2. The first-order chi connectivity index (χ1) is 9.63. The predicted molar refractivity (Wildman–Crippen MR) is 77.3 cm³/mol. The zero-order valence-corrected chi connectivity index (χ0v) is 12.0. The van der Waals surface area contributed by atoms with Gasteiger partial charge < -0.3 is 15.2 Å². The minimum atomic E-state index is 0.324. The fraction of sp³-hybridized carbons (Fsp3) is 0.333. The number of rotatable bonds is 5. The number of para-hydroxylation sites is 1. The molecule has 0 spiro atoms. The monoisotopic (exact) mass is 273 g/mol. The Kier molecular flexibility index (Phi) is 4.53. The van der Waals surface area contributed by atoms with Crippen molar-refractivity contribution in [3.8, 4) is 17.5 Å². The van der Waals surface area contributed by atoms with Crippen molar-refractivity contribution in [1.82, 2.24) is 9.97 Å². The van der Waals surface area contributed by atoms with E-state index in [1.165, 1.54) is 0 Å². The second-order valence-electron chi connectivity index (χ2n) is 4.52. The van der Waals surface area contributed by atoms with Gasteiger partial charge in [0.1, 0.15) is 0 Å². The van der Waals surface area contributed by atoms with Gasteiger partial charge in [-0.2, -0.15) is 0 Å². The Labute approximate surface area is 118 Å². The van der Waals surface area contributed by atoms with Gasteiger partial charge in [-0.15, -0.1) is 0 Å². The molecule has 0 saturated heterocycles. The minimum absolute atomic E-state index is 0.324. The first kappa shape index (κ1) is 14.3. The maximum atomic E-state index is 5.84. The van der Waals surface area contributed by atoms with Crippen molar-refractivity contribution in [2.45, 2.75) is 20.3 Å². The smallest absolute Gasteiger partial charge is 0.322 e. The van der Waals surface area contributed by atoms with E-state index in [4.69, 9.17) is 15.2 Å². The SMILES string of the molecule is COc1cccc(CCN)c1Oc1nc(C)cc(C)n1. The van der Waals surface area contributed by atoms with Gasteiger partial charge in [0.2, 0.25) is 0 Å². The molecule has 1 aromatic carbocycles. The number of nitrogens with two attached hydrogens (primary N) is 1. The molecule has 5 nitrogen and oxygen atoms in total. The molecule has 0 atom stereocenters. The normalized spacial score (nSPS) is 10.4. The number of benzene rings is 1. The molecule has 0 aliphatic heterocycles. The van der Waals surface area contributed by atoms with E-state index in [0.29, 0.717) is 30.5 Å². The molecule has 0 fully saturated rings. The molecule has 0 bridgehead atoms. The fourth-order valence-electron chi connectivity index (χ4n) is 2.02. The molecule has 0 amide bonds. The van der Waals surface area contributed by atoms with Crippen LogP contribution in [0, 0.1) is 13.8 Å². The summed E-state index contributed by atoms with van der Waals surface area (Å²) in [5, 5.41) is 0. The van der Waals surface area contributed by atoms with E-state index in [0.717, 1.165) is 17.0 Å². The number of nitrogens with zero attached hydrogens (tertiary/aromatic N) is 2. The van der Waals surface area contributed by atoms with Crippen LogP contribution in [0.5, 0.6) is 17.5 Å². The highest BCUT2D eigenvalue weighted by atomic mass is 16.5. The largest absolute Gasteiger partial charge is 0.493 e. The summed E-state index contributed by atoms with van der Waals surface area (Å²) >= 11 is 0. The minimum Gasteiger partial charge on any atom is -0.493 e. The lowest BCUT2D eigenvalue weighted by molar-refractivity contribution is 0.364. The summed E-state index contributed by atoms with van der Waals surface area (Å²) in [5.74, 6) is 1.28. The van der Waals surface area contributed by atoms with E-state index in [1.807, 2.05) is 38.1 Å². The molecule has 20 heavy (non-hydrogen) atoms. The molecule has 0 saturated carbocycles. The van der Waals surface area contributed by atoms with Crippen molar-refractivity contribution >= 4 is 0 Å². The Morgan fingerprint density at radius 3 is 2.45 bits per heavy atom. The van der Waals surface area contributed by atoms with Gasteiger partial charge in [-0.05, 0) is 38.9 Å². The molecule has 0 unspecified atom stereocenters. The molecule has 1 aromatic heterocycles. The third-order valence-electron chi connectivity index (χ3n) is 2.85. The van der Waals surface area contributed by atoms with Crippen molar-refractivity contribution in [1.29, 1.82) is 0 Å². The number of aromatic nitrogens is 2. The molecule has 2 rings (SSSR count). The van der Waals surface area contributed by atoms with Crippen LogP contribution in [0.15, 0.2) is 24.3 Å². The third kappa shape index (κ3) is 3.24. The van der Waals surface area contributed by atoms with E-state index in [9.17, 15) is 0 Å². The topological polar surface area (TPSA) is 70.3 Å². The molecular weight excluding hydrogens is 254 g/mol. The maximum absolute atomic E-state index is 5.84. The first-order valence-electron chi connectivity index (χ1n) is 6.50. The van der Waals surface area contributed by atoms with E-state index in [-0.39, 0.29) is 0 Å². The highest BCUT2D eigenvalue weighted by Gasteiger charge is 2.13. The second kappa shape index (κ2) is 6.34. The van der Waals surface area contributed by atoms with Crippen LogP contribution in [0.3, 0.4) is 0 Å². The molecule has 0 aliphatic rings. The average Bonchev–Trinajstić information content (AvgIpc) is 2.40. The second-order valence-corrected chi connectivity index (χ2v) is 4.52. The zero-order chi connectivity index (χ0) is 14.5. The van der Waals surface area contributed by atoms with Crippen LogP contribution in [0.2, 0.25) is 0 Å². The zero-order valence-electron chi connectivity index (χ0n) is 12.0. The molecule has 0 radical (unpaired) electrons. The van der Waals surface area contributed by atoms with Crippen molar-refractivity contribution in [3.63, 3.8) is 0 Å². The summed E-state index contributed by atoms with van der Waals surface area (Å²) in [4.78, 5) is 8.57. The fourth-order valence-corrected chi connectivity index (χ4v) is 2.02. The van der Waals surface area contributed by atoms with Gasteiger partial charge in [0, 0.05) is 17.0 Å². The lowest BCUT2D eigenvalue weighted by atomic mass is 10.1. The molecular formula is C15H19N3O2. The van der Waals surface area contributed by atoms with E-state index >= 15 is 0 Å². The summed E-state index contributed by atoms with van der Waals surface area (Å²) in [6.45, 7) is 4.35. The van der Waals surface area contributed by atoms with Crippen molar-refractivity contribution in [2.75, 3.05) is 13.7 Å². The Morgan fingerprint density at radius 1 is 1.15 bits per heavy atom. The predicted octanol–water partition coefficient (Wildman–Crippen LogP) is 2.40. The Morgan fingerprint density at radius 2 is 1.85 bits per heavy atom. The Balaban J connectivity index is 2.40. The molecule has 1 heterocycles.